The topological polar surface area (TPSA) is 77.2 Å². The maximum atomic E-state index is 12.2. The highest BCUT2D eigenvalue weighted by Crippen LogP contribution is 2.28. The Morgan fingerprint density at radius 3 is 2.88 bits per heavy atom. The van der Waals surface area contributed by atoms with Gasteiger partial charge in [-0.2, -0.15) is 0 Å². The molecule has 2 aromatic rings. The molecule has 1 aliphatic rings. The SMILES string of the molecule is Cc1ccc(-c2csc(NC(=O)[C@@H]3CC[C@H](CN)O3)n2)c(C)c1.Cl. The molecule has 1 fully saturated rings. The number of aromatic nitrogens is 1. The summed E-state index contributed by atoms with van der Waals surface area (Å²) in [7, 11) is 0. The Morgan fingerprint density at radius 2 is 2.21 bits per heavy atom. The van der Waals surface area contributed by atoms with Crippen molar-refractivity contribution in [2.75, 3.05) is 11.9 Å². The van der Waals surface area contributed by atoms with Crippen LogP contribution in [0.15, 0.2) is 23.6 Å². The normalized spacial score (nSPS) is 19.8. The number of hydrogen-bond acceptors (Lipinski definition) is 5. The first-order valence-electron chi connectivity index (χ1n) is 7.76. The van der Waals surface area contributed by atoms with Gasteiger partial charge in [-0.3, -0.25) is 10.1 Å². The largest absolute Gasteiger partial charge is 0.364 e. The van der Waals surface area contributed by atoms with Crippen molar-refractivity contribution >= 4 is 34.8 Å². The molecule has 0 unspecified atom stereocenters. The number of carbonyl (C=O) groups is 1. The molecule has 0 saturated carbocycles. The summed E-state index contributed by atoms with van der Waals surface area (Å²) in [5.74, 6) is -0.137. The fourth-order valence-corrected chi connectivity index (χ4v) is 3.53. The lowest BCUT2D eigenvalue weighted by atomic mass is 10.0. The number of nitrogens with one attached hydrogen (secondary N) is 1. The summed E-state index contributed by atoms with van der Waals surface area (Å²) in [6.07, 6.45) is 1.12. The second-order valence-electron chi connectivity index (χ2n) is 5.91. The Labute approximate surface area is 152 Å². The molecule has 24 heavy (non-hydrogen) atoms. The predicted octanol–water partition coefficient (Wildman–Crippen LogP) is 3.29. The van der Waals surface area contributed by atoms with Crippen LogP contribution >= 0.6 is 23.7 Å². The Morgan fingerprint density at radius 1 is 1.42 bits per heavy atom. The van der Waals surface area contributed by atoms with Crippen LogP contribution in [-0.2, 0) is 9.53 Å². The first-order chi connectivity index (χ1) is 11.1. The number of carbonyl (C=O) groups excluding carboxylic acids is 1. The minimum absolute atomic E-state index is 0. The Balaban J connectivity index is 0.00000208. The minimum atomic E-state index is -0.419. The average molecular weight is 368 g/mol. The van der Waals surface area contributed by atoms with Crippen LogP contribution in [0.5, 0.6) is 0 Å². The summed E-state index contributed by atoms with van der Waals surface area (Å²) < 4.78 is 5.61. The number of anilines is 1. The third-order valence-electron chi connectivity index (χ3n) is 4.06. The second-order valence-corrected chi connectivity index (χ2v) is 6.76. The van der Waals surface area contributed by atoms with E-state index in [0.29, 0.717) is 18.1 Å². The first kappa shape index (κ1) is 18.9. The summed E-state index contributed by atoms with van der Waals surface area (Å²) in [6.45, 7) is 4.59. The fraction of sp³-hybridized carbons (Fsp3) is 0.412. The van der Waals surface area contributed by atoms with Crippen LogP contribution < -0.4 is 11.1 Å². The van der Waals surface area contributed by atoms with E-state index >= 15 is 0 Å². The summed E-state index contributed by atoms with van der Waals surface area (Å²) in [6, 6.07) is 6.27. The number of halogens is 1. The van der Waals surface area contributed by atoms with Crippen LogP contribution in [0.2, 0.25) is 0 Å². The van der Waals surface area contributed by atoms with Gasteiger partial charge in [-0.1, -0.05) is 23.8 Å². The molecule has 0 radical (unpaired) electrons. The van der Waals surface area contributed by atoms with Crippen molar-refractivity contribution in [1.29, 1.82) is 0 Å². The van der Waals surface area contributed by atoms with E-state index in [1.165, 1.54) is 22.5 Å². The molecule has 1 aliphatic heterocycles. The van der Waals surface area contributed by atoms with Crippen LogP contribution in [0.1, 0.15) is 24.0 Å². The maximum Gasteiger partial charge on any atom is 0.255 e. The lowest BCUT2D eigenvalue weighted by Gasteiger charge is -2.11. The lowest BCUT2D eigenvalue weighted by Crippen LogP contribution is -2.29. The molecule has 0 aliphatic carbocycles. The molecule has 1 amide bonds. The van der Waals surface area contributed by atoms with Crippen LogP contribution in [0.4, 0.5) is 5.13 Å². The zero-order valence-electron chi connectivity index (χ0n) is 13.7. The molecule has 1 saturated heterocycles. The highest BCUT2D eigenvalue weighted by atomic mass is 35.5. The van der Waals surface area contributed by atoms with Crippen molar-refractivity contribution < 1.29 is 9.53 Å². The smallest absolute Gasteiger partial charge is 0.255 e. The van der Waals surface area contributed by atoms with E-state index in [1.54, 1.807) is 0 Å². The van der Waals surface area contributed by atoms with Crippen molar-refractivity contribution in [2.45, 2.75) is 38.9 Å². The third kappa shape index (κ3) is 4.13. The minimum Gasteiger partial charge on any atom is -0.364 e. The molecule has 3 N–H and O–H groups in total. The van der Waals surface area contributed by atoms with Crippen molar-refractivity contribution in [3.05, 3.63) is 34.7 Å². The Hall–Kier alpha value is -1.47. The molecule has 1 aromatic heterocycles. The third-order valence-corrected chi connectivity index (χ3v) is 4.81. The van der Waals surface area contributed by atoms with Crippen LogP contribution in [0.3, 0.4) is 0 Å². The van der Waals surface area contributed by atoms with Gasteiger partial charge in [-0.15, -0.1) is 23.7 Å². The van der Waals surface area contributed by atoms with E-state index in [9.17, 15) is 4.79 Å². The number of rotatable bonds is 4. The molecule has 5 nitrogen and oxygen atoms in total. The van der Waals surface area contributed by atoms with Crippen LogP contribution in [0.25, 0.3) is 11.3 Å². The number of nitrogens with zero attached hydrogens (tertiary/aromatic N) is 1. The molecule has 2 atom stereocenters. The van der Waals surface area contributed by atoms with E-state index in [4.69, 9.17) is 10.5 Å². The van der Waals surface area contributed by atoms with Gasteiger partial charge in [0.1, 0.15) is 6.10 Å². The van der Waals surface area contributed by atoms with Gasteiger partial charge >= 0.3 is 0 Å². The summed E-state index contributed by atoms with van der Waals surface area (Å²) in [5, 5.41) is 5.42. The molecule has 1 aromatic carbocycles. The van der Waals surface area contributed by atoms with Gasteiger partial charge in [0, 0.05) is 17.5 Å². The van der Waals surface area contributed by atoms with Gasteiger partial charge in [-0.25, -0.2) is 4.98 Å². The van der Waals surface area contributed by atoms with Gasteiger partial charge in [-0.05, 0) is 32.3 Å². The summed E-state index contributed by atoms with van der Waals surface area (Å²) in [4.78, 5) is 16.8. The van der Waals surface area contributed by atoms with Crippen LogP contribution in [0, 0.1) is 13.8 Å². The standard InChI is InChI=1S/C17H21N3O2S.ClH/c1-10-3-5-13(11(2)7-10)14-9-23-17(19-14)20-16(21)15-6-4-12(8-18)22-15;/h3,5,7,9,12,15H,4,6,8,18H2,1-2H3,(H,19,20,21);1H/t12-,15+;/m1./s1. The number of thiazole rings is 1. The number of nitrogens with two attached hydrogens (primary N) is 1. The zero-order chi connectivity index (χ0) is 16.4. The zero-order valence-corrected chi connectivity index (χ0v) is 15.4. The molecule has 3 rings (SSSR count). The Kier molecular flexibility index (Phi) is 6.34. The first-order valence-corrected chi connectivity index (χ1v) is 8.64. The summed E-state index contributed by atoms with van der Waals surface area (Å²) in [5.41, 5.74) is 9.95. The van der Waals surface area contributed by atoms with E-state index in [0.717, 1.165) is 17.7 Å². The van der Waals surface area contributed by atoms with E-state index in [2.05, 4.69) is 42.3 Å². The van der Waals surface area contributed by atoms with Gasteiger partial charge in [0.05, 0.1) is 11.8 Å². The van der Waals surface area contributed by atoms with Crippen molar-refractivity contribution in [3.63, 3.8) is 0 Å². The van der Waals surface area contributed by atoms with E-state index in [-0.39, 0.29) is 24.4 Å². The molecular weight excluding hydrogens is 346 g/mol. The molecule has 2 heterocycles. The Bertz CT molecular complexity index is 720. The monoisotopic (exact) mass is 367 g/mol. The van der Waals surface area contributed by atoms with Gasteiger partial charge in [0.25, 0.3) is 5.91 Å². The average Bonchev–Trinajstić information content (AvgIpc) is 3.16. The highest BCUT2D eigenvalue weighted by molar-refractivity contribution is 7.14. The molecule has 0 spiro atoms. The fourth-order valence-electron chi connectivity index (χ4n) is 2.81. The molecular formula is C17H22ClN3O2S. The van der Waals surface area contributed by atoms with E-state index < -0.39 is 6.10 Å². The van der Waals surface area contributed by atoms with Crippen molar-refractivity contribution in [1.82, 2.24) is 4.98 Å². The van der Waals surface area contributed by atoms with Crippen LogP contribution in [-0.4, -0.2) is 29.6 Å². The predicted molar refractivity (Wildman–Crippen MR) is 99.9 cm³/mol. The molecule has 0 bridgehead atoms. The van der Waals surface area contributed by atoms with Gasteiger partial charge < -0.3 is 10.5 Å². The van der Waals surface area contributed by atoms with Gasteiger partial charge in [0.2, 0.25) is 0 Å². The van der Waals surface area contributed by atoms with Gasteiger partial charge in [0.15, 0.2) is 5.13 Å². The molecule has 7 heteroatoms. The highest BCUT2D eigenvalue weighted by Gasteiger charge is 2.30. The quantitative estimate of drug-likeness (QED) is 0.869. The second kappa shape index (κ2) is 8.07. The number of hydrogen-bond donors (Lipinski definition) is 2. The molecule has 130 valence electrons. The summed E-state index contributed by atoms with van der Waals surface area (Å²) >= 11 is 1.43. The van der Waals surface area contributed by atoms with Crippen molar-refractivity contribution in [2.24, 2.45) is 5.73 Å². The number of amides is 1. The lowest BCUT2D eigenvalue weighted by molar-refractivity contribution is -0.126. The number of benzene rings is 1. The van der Waals surface area contributed by atoms with Crippen molar-refractivity contribution in [3.8, 4) is 11.3 Å². The number of ether oxygens (including phenoxy) is 1. The van der Waals surface area contributed by atoms with E-state index in [1.807, 2.05) is 5.38 Å². The maximum absolute atomic E-state index is 12.2. The number of aryl methyl sites for hydroxylation is 2.